The number of nitrogens with two attached hydrogens (primary N) is 1. The number of nitrogens with one attached hydrogen (secondary N) is 3. The van der Waals surface area contributed by atoms with Gasteiger partial charge in [-0.3, -0.25) is 14.5 Å². The van der Waals surface area contributed by atoms with E-state index in [0.29, 0.717) is 49.3 Å². The minimum atomic E-state index is -0.634. The Hall–Kier alpha value is -3.70. The summed E-state index contributed by atoms with van der Waals surface area (Å²) in [6.07, 6.45) is 4.89. The van der Waals surface area contributed by atoms with Crippen molar-refractivity contribution in [3.8, 4) is 0 Å². The molecule has 5 N–H and O–H groups in total. The van der Waals surface area contributed by atoms with Crippen LogP contribution in [0.15, 0.2) is 30.9 Å². The van der Waals surface area contributed by atoms with E-state index in [2.05, 4.69) is 68.3 Å². The van der Waals surface area contributed by atoms with Crippen molar-refractivity contribution in [2.45, 2.75) is 45.6 Å². The van der Waals surface area contributed by atoms with Gasteiger partial charge in [0.2, 0.25) is 5.91 Å². The molecule has 0 aliphatic carbocycles. The van der Waals surface area contributed by atoms with Gasteiger partial charge in [-0.2, -0.15) is 0 Å². The highest BCUT2D eigenvalue weighted by Crippen LogP contribution is 2.30. The number of nitrogens with zero attached hydrogens (tertiary/aromatic N) is 5. The van der Waals surface area contributed by atoms with Crippen molar-refractivity contribution in [1.82, 2.24) is 25.1 Å². The normalized spacial score (nSPS) is 16.8. The van der Waals surface area contributed by atoms with Crippen molar-refractivity contribution >= 4 is 34.8 Å². The molecule has 1 aromatic heterocycles. The Bertz CT molecular complexity index is 1220. The highest BCUT2D eigenvalue weighted by Gasteiger charge is 2.27. The van der Waals surface area contributed by atoms with E-state index >= 15 is 0 Å². The zero-order valence-electron chi connectivity index (χ0n) is 24.7. The molecule has 4 rings (SSSR count). The molecule has 0 radical (unpaired) electrons. The van der Waals surface area contributed by atoms with Gasteiger partial charge >= 0.3 is 0 Å². The average Bonchev–Trinajstić information content (AvgIpc) is 2.97. The summed E-state index contributed by atoms with van der Waals surface area (Å²) in [6.45, 7) is 15.4. The fraction of sp³-hybridized carbons (Fsp3) is 0.533. The maximum Gasteiger partial charge on any atom is 0.271 e. The number of benzene rings is 1. The molecule has 0 unspecified atom stereocenters. The van der Waals surface area contributed by atoms with Crippen molar-refractivity contribution in [2.75, 3.05) is 74.9 Å². The van der Waals surface area contributed by atoms with Crippen LogP contribution >= 0.6 is 0 Å². The first-order valence-corrected chi connectivity index (χ1v) is 14.7. The van der Waals surface area contributed by atoms with Crippen molar-refractivity contribution < 1.29 is 9.59 Å². The molecule has 0 saturated carbocycles. The molecule has 2 aliphatic rings. The second-order valence-corrected chi connectivity index (χ2v) is 10.9. The molecule has 2 aliphatic heterocycles. The van der Waals surface area contributed by atoms with Crippen LogP contribution in [0.5, 0.6) is 0 Å². The van der Waals surface area contributed by atoms with Gasteiger partial charge in [0.05, 0.1) is 5.69 Å². The van der Waals surface area contributed by atoms with Gasteiger partial charge in [0, 0.05) is 69.8 Å². The summed E-state index contributed by atoms with van der Waals surface area (Å²) in [6, 6.07) is 6.91. The third-order valence-electron chi connectivity index (χ3n) is 7.99. The lowest BCUT2D eigenvalue weighted by Crippen LogP contribution is -2.52. The van der Waals surface area contributed by atoms with E-state index in [-0.39, 0.29) is 11.6 Å². The molecule has 2 saturated heterocycles. The van der Waals surface area contributed by atoms with Crippen LogP contribution in [0.25, 0.3) is 0 Å². The third-order valence-corrected chi connectivity index (χ3v) is 7.99. The smallest absolute Gasteiger partial charge is 0.271 e. The summed E-state index contributed by atoms with van der Waals surface area (Å²) in [5.41, 5.74) is 9.66. The van der Waals surface area contributed by atoms with Crippen molar-refractivity contribution in [2.24, 2.45) is 5.73 Å². The number of hydrogen-bond donors (Lipinski definition) is 4. The van der Waals surface area contributed by atoms with E-state index in [1.54, 1.807) is 0 Å². The highest BCUT2D eigenvalue weighted by atomic mass is 16.1. The van der Waals surface area contributed by atoms with Crippen LogP contribution in [0.4, 0.5) is 23.0 Å². The SMILES string of the molecule is C=CC(=O)NCCCNc1nc(Nc2ccc(N3CCC(N4CCN(C)CC4)CC3)c(C)c2)c(C(N)=O)nc1CC. The number of carbonyl (C=O) groups is 2. The fourth-order valence-electron chi connectivity index (χ4n) is 5.58. The second-order valence-electron chi connectivity index (χ2n) is 10.9. The zero-order valence-corrected chi connectivity index (χ0v) is 24.7. The molecule has 2 fully saturated rings. The molecule has 41 heavy (non-hydrogen) atoms. The number of piperidine rings is 1. The van der Waals surface area contributed by atoms with Gasteiger partial charge < -0.3 is 31.5 Å². The van der Waals surface area contributed by atoms with E-state index in [1.165, 1.54) is 37.7 Å². The first-order valence-electron chi connectivity index (χ1n) is 14.7. The van der Waals surface area contributed by atoms with Gasteiger partial charge in [-0.05, 0) is 69.5 Å². The molecule has 11 nitrogen and oxygen atoms in total. The number of rotatable bonds is 12. The van der Waals surface area contributed by atoms with Crippen LogP contribution in [0.3, 0.4) is 0 Å². The number of carbonyl (C=O) groups excluding carboxylic acids is 2. The largest absolute Gasteiger partial charge is 0.371 e. The molecule has 2 amide bonds. The fourth-order valence-corrected chi connectivity index (χ4v) is 5.58. The van der Waals surface area contributed by atoms with Gasteiger partial charge in [0.25, 0.3) is 5.91 Å². The number of primary amides is 1. The van der Waals surface area contributed by atoms with Crippen LogP contribution < -0.4 is 26.6 Å². The molecule has 2 aromatic rings. The van der Waals surface area contributed by atoms with Gasteiger partial charge in [-0.15, -0.1) is 0 Å². The van der Waals surface area contributed by atoms with Crippen LogP contribution in [0.1, 0.15) is 47.9 Å². The van der Waals surface area contributed by atoms with Crippen molar-refractivity contribution in [1.29, 1.82) is 0 Å². The molecular weight excluding hydrogens is 518 g/mol. The predicted molar refractivity (Wildman–Crippen MR) is 165 cm³/mol. The lowest BCUT2D eigenvalue weighted by atomic mass is 10.0. The molecular formula is C30H45N9O2. The number of hydrogen-bond acceptors (Lipinski definition) is 9. The third kappa shape index (κ3) is 7.95. The Labute approximate surface area is 243 Å². The first-order chi connectivity index (χ1) is 19.8. The number of amides is 2. The predicted octanol–water partition coefficient (Wildman–Crippen LogP) is 2.51. The molecule has 0 spiro atoms. The van der Waals surface area contributed by atoms with E-state index in [9.17, 15) is 9.59 Å². The lowest BCUT2D eigenvalue weighted by Gasteiger charge is -2.43. The average molecular weight is 564 g/mol. The van der Waals surface area contributed by atoms with E-state index in [1.807, 2.05) is 13.0 Å². The maximum atomic E-state index is 12.3. The molecule has 3 heterocycles. The summed E-state index contributed by atoms with van der Waals surface area (Å²) in [5.74, 6) is 0.0710. The number of aryl methyl sites for hydroxylation is 2. The zero-order chi connectivity index (χ0) is 29.4. The summed E-state index contributed by atoms with van der Waals surface area (Å²) in [5, 5.41) is 9.32. The van der Waals surface area contributed by atoms with Crippen LogP contribution in [0, 0.1) is 6.92 Å². The van der Waals surface area contributed by atoms with Gasteiger partial charge in [-0.25, -0.2) is 9.97 Å². The first kappa shape index (κ1) is 30.3. The molecule has 1 aromatic carbocycles. The molecule has 11 heteroatoms. The van der Waals surface area contributed by atoms with Crippen molar-refractivity contribution in [3.05, 3.63) is 47.8 Å². The Morgan fingerprint density at radius 2 is 1.80 bits per heavy atom. The van der Waals surface area contributed by atoms with E-state index in [4.69, 9.17) is 10.7 Å². The van der Waals surface area contributed by atoms with Crippen LogP contribution in [-0.4, -0.2) is 97.0 Å². The monoisotopic (exact) mass is 563 g/mol. The summed E-state index contributed by atoms with van der Waals surface area (Å²) >= 11 is 0. The Kier molecular flexibility index (Phi) is 10.5. The van der Waals surface area contributed by atoms with Gasteiger partial charge in [-0.1, -0.05) is 13.5 Å². The van der Waals surface area contributed by atoms with Gasteiger partial charge in [0.15, 0.2) is 11.5 Å². The number of likely N-dealkylation sites (N-methyl/N-ethyl adjacent to an activating group) is 1. The Morgan fingerprint density at radius 3 is 2.44 bits per heavy atom. The minimum absolute atomic E-state index is 0.110. The summed E-state index contributed by atoms with van der Waals surface area (Å²) in [4.78, 5) is 40.4. The second kappa shape index (κ2) is 14.3. The number of aromatic nitrogens is 2. The lowest BCUT2D eigenvalue weighted by molar-refractivity contribution is -0.116. The topological polar surface area (TPSA) is 132 Å². The van der Waals surface area contributed by atoms with E-state index < -0.39 is 5.91 Å². The van der Waals surface area contributed by atoms with Gasteiger partial charge in [0.1, 0.15) is 5.82 Å². The Balaban J connectivity index is 1.41. The Morgan fingerprint density at radius 1 is 1.07 bits per heavy atom. The molecule has 0 atom stereocenters. The number of piperazine rings is 1. The highest BCUT2D eigenvalue weighted by molar-refractivity contribution is 5.96. The quantitative estimate of drug-likeness (QED) is 0.227. The summed E-state index contributed by atoms with van der Waals surface area (Å²) < 4.78 is 0. The van der Waals surface area contributed by atoms with Crippen LogP contribution in [-0.2, 0) is 11.2 Å². The number of anilines is 4. The minimum Gasteiger partial charge on any atom is -0.371 e. The maximum absolute atomic E-state index is 12.3. The van der Waals surface area contributed by atoms with Crippen molar-refractivity contribution in [3.63, 3.8) is 0 Å². The summed E-state index contributed by atoms with van der Waals surface area (Å²) in [7, 11) is 2.20. The van der Waals surface area contributed by atoms with E-state index in [0.717, 1.165) is 37.4 Å². The standard InChI is InChI=1S/C30H45N9O2/c1-5-24-29(33-13-7-12-32-26(40)6-2)36-30(27(35-24)28(31)41)34-22-8-9-25(21(3)20-22)39-14-10-23(11-15-39)38-18-16-37(4)17-19-38/h6,8-9,20,23H,2,5,7,10-19H2,1,3-4H3,(H2,31,41)(H,32,40)(H2,33,34,36). The van der Waals surface area contributed by atoms with Crippen LogP contribution in [0.2, 0.25) is 0 Å². The molecule has 0 bridgehead atoms. The molecule has 222 valence electrons.